The van der Waals surface area contributed by atoms with Crippen LogP contribution in [0.2, 0.25) is 0 Å². The standard InChI is InChI=1S/C16H11IN2O3/c1-22-16-7-2-11(9-15(16)19(20)21)8-13(10-18)12-3-5-14(17)6-4-12/h2-9H,1H3/b13-8-. The van der Waals surface area contributed by atoms with Gasteiger partial charge in [-0.25, -0.2) is 0 Å². The molecule has 0 fully saturated rings. The van der Waals surface area contributed by atoms with Crippen LogP contribution in [0.15, 0.2) is 42.5 Å². The fraction of sp³-hybridized carbons (Fsp3) is 0.0625. The molecule has 2 rings (SSSR count). The van der Waals surface area contributed by atoms with E-state index in [1.807, 2.05) is 24.3 Å². The number of rotatable bonds is 4. The molecule has 0 aliphatic carbocycles. The summed E-state index contributed by atoms with van der Waals surface area (Å²) in [6.07, 6.45) is 1.62. The summed E-state index contributed by atoms with van der Waals surface area (Å²) in [6, 6.07) is 14.2. The predicted molar refractivity (Wildman–Crippen MR) is 92.3 cm³/mol. The Kier molecular flexibility index (Phi) is 5.12. The summed E-state index contributed by atoms with van der Waals surface area (Å²) in [5, 5.41) is 20.3. The van der Waals surface area contributed by atoms with Crippen molar-refractivity contribution >= 4 is 39.9 Å². The van der Waals surface area contributed by atoms with Gasteiger partial charge in [0.15, 0.2) is 5.75 Å². The van der Waals surface area contributed by atoms with Crippen molar-refractivity contribution in [1.29, 1.82) is 5.26 Å². The van der Waals surface area contributed by atoms with Crippen molar-refractivity contribution in [2.24, 2.45) is 0 Å². The zero-order valence-corrected chi connectivity index (χ0v) is 13.8. The lowest BCUT2D eigenvalue weighted by molar-refractivity contribution is -0.385. The van der Waals surface area contributed by atoms with Crippen LogP contribution in [0.25, 0.3) is 11.6 Å². The van der Waals surface area contributed by atoms with Crippen LogP contribution in [-0.2, 0) is 0 Å². The summed E-state index contributed by atoms with van der Waals surface area (Å²) >= 11 is 2.18. The van der Waals surface area contributed by atoms with Crippen LogP contribution in [0.4, 0.5) is 5.69 Å². The second-order valence-electron chi connectivity index (χ2n) is 4.37. The van der Waals surface area contributed by atoms with Crippen LogP contribution in [0.3, 0.4) is 0 Å². The molecule has 0 heterocycles. The third kappa shape index (κ3) is 3.62. The Balaban J connectivity index is 2.46. The van der Waals surface area contributed by atoms with Crippen LogP contribution in [0.5, 0.6) is 5.75 Å². The van der Waals surface area contributed by atoms with Gasteiger partial charge < -0.3 is 4.74 Å². The normalized spacial score (nSPS) is 10.9. The maximum absolute atomic E-state index is 11.0. The van der Waals surface area contributed by atoms with Gasteiger partial charge in [0.05, 0.1) is 23.7 Å². The van der Waals surface area contributed by atoms with Crippen LogP contribution in [-0.4, -0.2) is 12.0 Å². The van der Waals surface area contributed by atoms with Gasteiger partial charge in [-0.05, 0) is 58.0 Å². The Bertz CT molecular complexity index is 777. The topological polar surface area (TPSA) is 76.2 Å². The third-order valence-corrected chi connectivity index (χ3v) is 3.71. The van der Waals surface area contributed by atoms with Gasteiger partial charge in [-0.2, -0.15) is 5.26 Å². The molecule has 0 amide bonds. The van der Waals surface area contributed by atoms with Gasteiger partial charge in [-0.1, -0.05) is 18.2 Å². The molecule has 0 atom stereocenters. The molecule has 2 aromatic rings. The highest BCUT2D eigenvalue weighted by Crippen LogP contribution is 2.29. The fourth-order valence-corrected chi connectivity index (χ4v) is 2.28. The number of allylic oxidation sites excluding steroid dienone is 1. The zero-order chi connectivity index (χ0) is 16.1. The predicted octanol–water partition coefficient (Wildman–Crippen LogP) is 4.27. The number of benzene rings is 2. The Morgan fingerprint density at radius 2 is 2.00 bits per heavy atom. The van der Waals surface area contributed by atoms with Crippen molar-refractivity contribution in [3.05, 3.63) is 67.3 Å². The van der Waals surface area contributed by atoms with Gasteiger partial charge in [-0.3, -0.25) is 10.1 Å². The Labute approximate surface area is 141 Å². The van der Waals surface area contributed by atoms with E-state index in [2.05, 4.69) is 28.7 Å². The van der Waals surface area contributed by atoms with Crippen molar-refractivity contribution in [3.8, 4) is 11.8 Å². The number of hydrogen-bond acceptors (Lipinski definition) is 4. The molecule has 0 radical (unpaired) electrons. The van der Waals surface area contributed by atoms with Crippen LogP contribution in [0.1, 0.15) is 11.1 Å². The fourth-order valence-electron chi connectivity index (χ4n) is 1.92. The number of nitriles is 1. The number of halogens is 1. The molecule has 0 saturated heterocycles. The minimum atomic E-state index is -0.507. The summed E-state index contributed by atoms with van der Waals surface area (Å²) in [7, 11) is 1.38. The van der Waals surface area contributed by atoms with Crippen LogP contribution >= 0.6 is 22.6 Å². The molecule has 0 aromatic heterocycles. The third-order valence-electron chi connectivity index (χ3n) is 2.99. The number of nitrogens with zero attached hydrogens (tertiary/aromatic N) is 2. The molecule has 110 valence electrons. The second-order valence-corrected chi connectivity index (χ2v) is 5.61. The Hall–Kier alpha value is -2.40. The largest absolute Gasteiger partial charge is 0.490 e. The summed E-state index contributed by atoms with van der Waals surface area (Å²) in [4.78, 5) is 10.5. The maximum Gasteiger partial charge on any atom is 0.311 e. The minimum Gasteiger partial charge on any atom is -0.490 e. The average molecular weight is 406 g/mol. The molecule has 0 spiro atoms. The lowest BCUT2D eigenvalue weighted by Crippen LogP contribution is -1.94. The van der Waals surface area contributed by atoms with E-state index >= 15 is 0 Å². The van der Waals surface area contributed by atoms with Crippen molar-refractivity contribution in [1.82, 2.24) is 0 Å². The van der Waals surface area contributed by atoms with E-state index < -0.39 is 4.92 Å². The summed E-state index contributed by atoms with van der Waals surface area (Å²) < 4.78 is 6.03. The average Bonchev–Trinajstić information content (AvgIpc) is 2.53. The summed E-state index contributed by atoms with van der Waals surface area (Å²) in [5.74, 6) is 0.190. The van der Waals surface area contributed by atoms with E-state index in [1.54, 1.807) is 12.1 Å². The van der Waals surface area contributed by atoms with E-state index in [1.165, 1.54) is 19.2 Å². The zero-order valence-electron chi connectivity index (χ0n) is 11.6. The van der Waals surface area contributed by atoms with Gasteiger partial charge in [-0.15, -0.1) is 0 Å². The second kappa shape index (κ2) is 7.04. The number of nitro benzene ring substituents is 1. The number of ether oxygens (including phenoxy) is 1. The number of hydrogen-bond donors (Lipinski definition) is 0. The molecule has 2 aromatic carbocycles. The van der Waals surface area contributed by atoms with Gasteiger partial charge in [0.2, 0.25) is 0 Å². The molecule has 0 aliphatic rings. The molecule has 0 unspecified atom stereocenters. The lowest BCUT2D eigenvalue weighted by atomic mass is 10.0. The van der Waals surface area contributed by atoms with Crippen molar-refractivity contribution in [2.75, 3.05) is 7.11 Å². The molecule has 5 nitrogen and oxygen atoms in total. The van der Waals surface area contributed by atoms with Crippen LogP contribution < -0.4 is 4.74 Å². The first-order valence-electron chi connectivity index (χ1n) is 6.25. The van der Waals surface area contributed by atoms with Gasteiger partial charge in [0.1, 0.15) is 0 Å². The Morgan fingerprint density at radius 3 is 2.55 bits per heavy atom. The smallest absolute Gasteiger partial charge is 0.311 e. The molecule has 22 heavy (non-hydrogen) atoms. The molecule has 0 bridgehead atoms. The SMILES string of the molecule is COc1ccc(/C=C(/C#N)c2ccc(I)cc2)cc1[N+](=O)[O-]. The van der Waals surface area contributed by atoms with Crippen LogP contribution in [0, 0.1) is 25.0 Å². The van der Waals surface area contributed by atoms with E-state index in [0.717, 1.165) is 9.13 Å². The molecular formula is C16H11IN2O3. The van der Waals surface area contributed by atoms with Crippen molar-refractivity contribution in [3.63, 3.8) is 0 Å². The monoisotopic (exact) mass is 406 g/mol. The van der Waals surface area contributed by atoms with Gasteiger partial charge in [0, 0.05) is 9.64 Å². The highest BCUT2D eigenvalue weighted by atomic mass is 127. The molecule has 0 N–H and O–H groups in total. The molecular weight excluding hydrogens is 395 g/mol. The van der Waals surface area contributed by atoms with Crippen molar-refractivity contribution < 1.29 is 9.66 Å². The quantitative estimate of drug-likeness (QED) is 0.250. The van der Waals surface area contributed by atoms with E-state index in [-0.39, 0.29) is 11.4 Å². The lowest BCUT2D eigenvalue weighted by Gasteiger charge is -2.03. The van der Waals surface area contributed by atoms with E-state index in [4.69, 9.17) is 4.74 Å². The number of methoxy groups -OCH3 is 1. The Morgan fingerprint density at radius 1 is 1.32 bits per heavy atom. The van der Waals surface area contributed by atoms with Gasteiger partial charge in [0.25, 0.3) is 0 Å². The maximum atomic E-state index is 11.0. The van der Waals surface area contributed by atoms with E-state index in [0.29, 0.717) is 11.1 Å². The highest BCUT2D eigenvalue weighted by Gasteiger charge is 2.14. The molecule has 0 aliphatic heterocycles. The summed E-state index contributed by atoms with van der Waals surface area (Å²) in [6.45, 7) is 0. The minimum absolute atomic E-state index is 0.129. The number of nitro groups is 1. The molecule has 0 saturated carbocycles. The first kappa shape index (κ1) is 16.0. The first-order chi connectivity index (χ1) is 10.5. The molecule has 6 heteroatoms. The van der Waals surface area contributed by atoms with E-state index in [9.17, 15) is 15.4 Å². The van der Waals surface area contributed by atoms with Crippen molar-refractivity contribution in [2.45, 2.75) is 0 Å². The summed E-state index contributed by atoms with van der Waals surface area (Å²) in [5.41, 5.74) is 1.65. The highest BCUT2D eigenvalue weighted by molar-refractivity contribution is 14.1. The first-order valence-corrected chi connectivity index (χ1v) is 7.33. The van der Waals surface area contributed by atoms with Gasteiger partial charge >= 0.3 is 5.69 Å².